The summed E-state index contributed by atoms with van der Waals surface area (Å²) in [6, 6.07) is 12.7. The van der Waals surface area contributed by atoms with E-state index in [2.05, 4.69) is 4.72 Å². The molecule has 112 valence electrons. The molecule has 1 aliphatic rings. The van der Waals surface area contributed by atoms with Crippen molar-refractivity contribution in [2.45, 2.75) is 30.2 Å². The summed E-state index contributed by atoms with van der Waals surface area (Å²) in [6.07, 6.45) is 2.62. The average Bonchev–Trinajstić information content (AvgIpc) is 2.93. The molecule has 1 fully saturated rings. The minimum atomic E-state index is -3.54. The monoisotopic (exact) mass is 305 g/mol. The van der Waals surface area contributed by atoms with E-state index in [4.69, 9.17) is 0 Å². The maximum absolute atomic E-state index is 12.5. The van der Waals surface area contributed by atoms with Crippen molar-refractivity contribution in [2.75, 3.05) is 6.61 Å². The molecule has 0 saturated heterocycles. The molecule has 0 amide bonds. The Balaban J connectivity index is 1.89. The topological polar surface area (TPSA) is 66.4 Å². The Bertz CT molecular complexity index is 742. The van der Waals surface area contributed by atoms with Gasteiger partial charge in [-0.1, -0.05) is 36.8 Å². The Kier molecular flexibility index (Phi) is 3.97. The summed E-state index contributed by atoms with van der Waals surface area (Å²) in [5, 5.41) is 11.2. The molecular formula is C16H19NO3S. The Morgan fingerprint density at radius 2 is 1.86 bits per heavy atom. The van der Waals surface area contributed by atoms with Crippen LogP contribution in [0.1, 0.15) is 19.3 Å². The number of rotatable bonds is 4. The molecule has 1 aliphatic carbocycles. The van der Waals surface area contributed by atoms with E-state index in [0.717, 1.165) is 30.0 Å². The van der Waals surface area contributed by atoms with Gasteiger partial charge >= 0.3 is 0 Å². The first-order chi connectivity index (χ1) is 10.1. The molecule has 4 nitrogen and oxygen atoms in total. The van der Waals surface area contributed by atoms with Crippen LogP contribution in [0.4, 0.5) is 0 Å². The van der Waals surface area contributed by atoms with Crippen molar-refractivity contribution >= 4 is 20.8 Å². The predicted octanol–water partition coefficient (Wildman–Crippen LogP) is 2.28. The van der Waals surface area contributed by atoms with Gasteiger partial charge in [0, 0.05) is 12.6 Å². The largest absolute Gasteiger partial charge is 0.396 e. The third-order valence-electron chi connectivity index (χ3n) is 4.23. The molecule has 21 heavy (non-hydrogen) atoms. The maximum Gasteiger partial charge on any atom is 0.240 e. The fraction of sp³-hybridized carbons (Fsp3) is 0.375. The predicted molar refractivity (Wildman–Crippen MR) is 82.5 cm³/mol. The molecule has 0 aliphatic heterocycles. The third kappa shape index (κ3) is 2.95. The van der Waals surface area contributed by atoms with E-state index in [1.807, 2.05) is 30.3 Å². The van der Waals surface area contributed by atoms with Crippen LogP contribution < -0.4 is 4.72 Å². The van der Waals surface area contributed by atoms with Gasteiger partial charge in [-0.15, -0.1) is 0 Å². The van der Waals surface area contributed by atoms with Crippen molar-refractivity contribution in [3.63, 3.8) is 0 Å². The summed E-state index contributed by atoms with van der Waals surface area (Å²) in [5.41, 5.74) is 0. The molecule has 2 unspecified atom stereocenters. The molecule has 0 spiro atoms. The lowest BCUT2D eigenvalue weighted by Gasteiger charge is -2.19. The zero-order valence-corrected chi connectivity index (χ0v) is 12.5. The van der Waals surface area contributed by atoms with Crippen LogP contribution in [0, 0.1) is 5.92 Å². The van der Waals surface area contributed by atoms with E-state index < -0.39 is 10.0 Å². The summed E-state index contributed by atoms with van der Waals surface area (Å²) >= 11 is 0. The molecule has 2 aromatic rings. The third-order valence-corrected chi connectivity index (χ3v) is 5.72. The van der Waals surface area contributed by atoms with Crippen molar-refractivity contribution in [1.29, 1.82) is 0 Å². The minimum Gasteiger partial charge on any atom is -0.396 e. The van der Waals surface area contributed by atoms with Gasteiger partial charge < -0.3 is 5.11 Å². The van der Waals surface area contributed by atoms with E-state index in [1.165, 1.54) is 0 Å². The van der Waals surface area contributed by atoms with Crippen LogP contribution in [-0.4, -0.2) is 26.2 Å². The standard InChI is InChI=1S/C16H19NO3S/c18-11-14-6-3-7-16(14)17-21(19,20)15-9-8-12-4-1-2-5-13(12)10-15/h1-2,4-5,8-10,14,16-18H,3,6-7,11H2. The molecule has 2 aromatic carbocycles. The van der Waals surface area contributed by atoms with Crippen LogP contribution in [0.15, 0.2) is 47.4 Å². The Labute approximate surface area is 124 Å². The molecule has 0 radical (unpaired) electrons. The van der Waals surface area contributed by atoms with Crippen molar-refractivity contribution in [3.05, 3.63) is 42.5 Å². The summed E-state index contributed by atoms with van der Waals surface area (Å²) in [6.45, 7) is 0.0326. The number of hydrogen-bond donors (Lipinski definition) is 2. The van der Waals surface area contributed by atoms with Gasteiger partial charge in [0.05, 0.1) is 4.90 Å². The molecule has 2 atom stereocenters. The van der Waals surface area contributed by atoms with Gasteiger partial charge in [-0.3, -0.25) is 0 Å². The van der Waals surface area contributed by atoms with Crippen LogP contribution in [0.5, 0.6) is 0 Å². The zero-order chi connectivity index (χ0) is 14.9. The highest BCUT2D eigenvalue weighted by Gasteiger charge is 2.30. The van der Waals surface area contributed by atoms with Crippen LogP contribution in [0.2, 0.25) is 0 Å². The van der Waals surface area contributed by atoms with Gasteiger partial charge in [-0.05, 0) is 41.7 Å². The first-order valence-electron chi connectivity index (χ1n) is 7.22. The highest BCUT2D eigenvalue weighted by Crippen LogP contribution is 2.27. The second-order valence-electron chi connectivity index (χ2n) is 5.61. The van der Waals surface area contributed by atoms with Crippen LogP contribution in [0.25, 0.3) is 10.8 Å². The van der Waals surface area contributed by atoms with Crippen LogP contribution >= 0.6 is 0 Å². The van der Waals surface area contributed by atoms with Gasteiger partial charge in [0.1, 0.15) is 0 Å². The van der Waals surface area contributed by atoms with E-state index >= 15 is 0 Å². The summed E-state index contributed by atoms with van der Waals surface area (Å²) in [5.74, 6) is 0.0280. The van der Waals surface area contributed by atoms with Gasteiger partial charge in [-0.2, -0.15) is 0 Å². The summed E-state index contributed by atoms with van der Waals surface area (Å²) in [7, 11) is -3.54. The van der Waals surface area contributed by atoms with E-state index in [0.29, 0.717) is 0 Å². The molecule has 1 saturated carbocycles. The van der Waals surface area contributed by atoms with Crippen LogP contribution in [0.3, 0.4) is 0 Å². The van der Waals surface area contributed by atoms with Gasteiger partial charge in [0.15, 0.2) is 0 Å². The quantitative estimate of drug-likeness (QED) is 0.910. The lowest BCUT2D eigenvalue weighted by atomic mass is 10.1. The van der Waals surface area contributed by atoms with E-state index in [1.54, 1.807) is 12.1 Å². The zero-order valence-electron chi connectivity index (χ0n) is 11.7. The highest BCUT2D eigenvalue weighted by atomic mass is 32.2. The van der Waals surface area contributed by atoms with Crippen molar-refractivity contribution in [1.82, 2.24) is 4.72 Å². The number of nitrogens with one attached hydrogen (secondary N) is 1. The molecule has 3 rings (SSSR count). The van der Waals surface area contributed by atoms with Gasteiger partial charge in [0.2, 0.25) is 10.0 Å². The Morgan fingerprint density at radius 1 is 1.10 bits per heavy atom. The molecule has 0 bridgehead atoms. The normalized spacial score (nSPS) is 22.7. The van der Waals surface area contributed by atoms with E-state index in [9.17, 15) is 13.5 Å². The summed E-state index contributed by atoms with van der Waals surface area (Å²) in [4.78, 5) is 0.282. The van der Waals surface area contributed by atoms with Crippen molar-refractivity contribution in [2.24, 2.45) is 5.92 Å². The molecule has 5 heteroatoms. The fourth-order valence-corrected chi connectivity index (χ4v) is 4.39. The first kappa shape index (κ1) is 14.5. The summed E-state index contributed by atoms with van der Waals surface area (Å²) < 4.78 is 27.8. The smallest absolute Gasteiger partial charge is 0.240 e. The second-order valence-corrected chi connectivity index (χ2v) is 7.32. The van der Waals surface area contributed by atoms with Crippen molar-refractivity contribution in [3.8, 4) is 0 Å². The number of aliphatic hydroxyl groups is 1. The number of hydrogen-bond acceptors (Lipinski definition) is 3. The molecule has 0 aromatic heterocycles. The second kappa shape index (κ2) is 5.75. The molecular weight excluding hydrogens is 286 g/mol. The van der Waals surface area contributed by atoms with Crippen LogP contribution in [-0.2, 0) is 10.0 Å². The van der Waals surface area contributed by atoms with Crippen molar-refractivity contribution < 1.29 is 13.5 Å². The number of aliphatic hydroxyl groups excluding tert-OH is 1. The lowest BCUT2D eigenvalue weighted by molar-refractivity contribution is 0.213. The Morgan fingerprint density at radius 3 is 2.62 bits per heavy atom. The number of sulfonamides is 1. The minimum absolute atomic E-state index is 0.0280. The molecule has 0 heterocycles. The number of benzene rings is 2. The number of fused-ring (bicyclic) bond motifs is 1. The van der Waals surface area contributed by atoms with Gasteiger partial charge in [0.25, 0.3) is 0 Å². The molecule has 2 N–H and O–H groups in total. The average molecular weight is 305 g/mol. The highest BCUT2D eigenvalue weighted by molar-refractivity contribution is 7.89. The lowest BCUT2D eigenvalue weighted by Crippen LogP contribution is -2.38. The maximum atomic E-state index is 12.5. The van der Waals surface area contributed by atoms with Gasteiger partial charge in [-0.25, -0.2) is 13.1 Å². The SMILES string of the molecule is O=S(=O)(NC1CCCC1CO)c1ccc2ccccc2c1. The van der Waals surface area contributed by atoms with E-state index in [-0.39, 0.29) is 23.5 Å². The Hall–Kier alpha value is -1.43. The fourth-order valence-electron chi connectivity index (χ4n) is 3.01. The first-order valence-corrected chi connectivity index (χ1v) is 8.70.